The normalized spacial score (nSPS) is 11.4. The van der Waals surface area contributed by atoms with E-state index < -0.39 is 28.4 Å². The van der Waals surface area contributed by atoms with Crippen LogP contribution in [0.5, 0.6) is 0 Å². The van der Waals surface area contributed by atoms with Gasteiger partial charge in [-0.3, -0.25) is 13.7 Å². The summed E-state index contributed by atoms with van der Waals surface area (Å²) in [6, 6.07) is 19.4. The van der Waals surface area contributed by atoms with E-state index in [1.807, 2.05) is 6.92 Å². The summed E-state index contributed by atoms with van der Waals surface area (Å²) in [5, 5.41) is 0.962. The van der Waals surface area contributed by atoms with Crippen LogP contribution in [0.15, 0.2) is 83.9 Å². The van der Waals surface area contributed by atoms with E-state index in [9.17, 15) is 18.0 Å². The first-order valence-corrected chi connectivity index (χ1v) is 12.1. The molecule has 174 valence electrons. The van der Waals surface area contributed by atoms with E-state index in [-0.39, 0.29) is 16.1 Å². The number of rotatable bonds is 6. The van der Waals surface area contributed by atoms with Crippen LogP contribution in [-0.4, -0.2) is 38.5 Å². The standard InChI is InChI=1S/C25H21ClN2O5S/c1-17-7-13-20(14-8-17)34(31,32)28(19-11-9-18(26)10-12-19)16-24(29)27-15-22(25(30)33-2)21-5-3-4-6-23(21)27/h3-15H,16H2,1-2H3. The number of nitrogens with zero attached hydrogens (tertiary/aromatic N) is 2. The lowest BCUT2D eigenvalue weighted by molar-refractivity contribution is 0.0603. The van der Waals surface area contributed by atoms with E-state index in [1.54, 1.807) is 48.5 Å². The maximum atomic E-state index is 13.6. The van der Waals surface area contributed by atoms with E-state index in [0.29, 0.717) is 15.9 Å². The molecule has 0 aliphatic carbocycles. The molecule has 0 unspecified atom stereocenters. The van der Waals surface area contributed by atoms with E-state index in [1.165, 1.54) is 42.1 Å². The van der Waals surface area contributed by atoms with E-state index in [2.05, 4.69) is 0 Å². The molecule has 7 nitrogen and oxygen atoms in total. The maximum Gasteiger partial charge on any atom is 0.340 e. The third-order valence-electron chi connectivity index (χ3n) is 5.39. The smallest absolute Gasteiger partial charge is 0.340 e. The van der Waals surface area contributed by atoms with Gasteiger partial charge in [-0.1, -0.05) is 47.5 Å². The fourth-order valence-corrected chi connectivity index (χ4v) is 5.16. The fraction of sp³-hybridized carbons (Fsp3) is 0.120. The summed E-state index contributed by atoms with van der Waals surface area (Å²) in [6.07, 6.45) is 1.37. The summed E-state index contributed by atoms with van der Waals surface area (Å²) in [4.78, 5) is 25.7. The van der Waals surface area contributed by atoms with Crippen LogP contribution in [-0.2, 0) is 14.8 Å². The number of carbonyl (C=O) groups excluding carboxylic acids is 2. The average Bonchev–Trinajstić information content (AvgIpc) is 3.23. The number of aromatic nitrogens is 1. The predicted octanol–water partition coefficient (Wildman–Crippen LogP) is 4.93. The number of carbonyl (C=O) groups is 2. The van der Waals surface area contributed by atoms with Crippen LogP contribution in [0.2, 0.25) is 5.02 Å². The van der Waals surface area contributed by atoms with Crippen molar-refractivity contribution in [3.8, 4) is 0 Å². The molecule has 1 heterocycles. The lowest BCUT2D eigenvalue weighted by Crippen LogP contribution is -2.37. The van der Waals surface area contributed by atoms with Crippen molar-refractivity contribution in [3.63, 3.8) is 0 Å². The summed E-state index contributed by atoms with van der Waals surface area (Å²) in [6.45, 7) is 1.35. The van der Waals surface area contributed by atoms with E-state index >= 15 is 0 Å². The van der Waals surface area contributed by atoms with Gasteiger partial charge in [-0.15, -0.1) is 0 Å². The first kappa shape index (κ1) is 23.5. The molecule has 4 rings (SSSR count). The Morgan fingerprint density at radius 1 is 0.971 bits per heavy atom. The highest BCUT2D eigenvalue weighted by molar-refractivity contribution is 7.92. The molecule has 0 bridgehead atoms. The second-order valence-corrected chi connectivity index (χ2v) is 9.92. The minimum absolute atomic E-state index is 0.0495. The van der Waals surface area contributed by atoms with Crippen molar-refractivity contribution in [2.75, 3.05) is 18.0 Å². The number of anilines is 1. The van der Waals surface area contributed by atoms with Crippen LogP contribution >= 0.6 is 11.6 Å². The number of para-hydroxylation sites is 1. The van der Waals surface area contributed by atoms with Crippen molar-refractivity contribution in [2.24, 2.45) is 0 Å². The summed E-state index contributed by atoms with van der Waals surface area (Å²) in [5.74, 6) is -1.14. The Hall–Kier alpha value is -3.62. The van der Waals surface area contributed by atoms with Gasteiger partial charge in [0.15, 0.2) is 0 Å². The van der Waals surface area contributed by atoms with Crippen LogP contribution in [0.1, 0.15) is 20.7 Å². The number of sulfonamides is 1. The summed E-state index contributed by atoms with van der Waals surface area (Å²) in [7, 11) is -2.83. The molecule has 9 heteroatoms. The number of esters is 1. The molecule has 0 saturated carbocycles. The molecule has 0 fully saturated rings. The molecular formula is C25H21ClN2O5S. The van der Waals surface area contributed by atoms with Gasteiger partial charge in [-0.2, -0.15) is 0 Å². The Morgan fingerprint density at radius 3 is 2.26 bits per heavy atom. The Morgan fingerprint density at radius 2 is 1.62 bits per heavy atom. The van der Waals surface area contributed by atoms with E-state index in [0.717, 1.165) is 9.87 Å². The van der Waals surface area contributed by atoms with Gasteiger partial charge in [0.05, 0.1) is 28.8 Å². The van der Waals surface area contributed by atoms with Gasteiger partial charge in [0, 0.05) is 16.6 Å². The van der Waals surface area contributed by atoms with Crippen molar-refractivity contribution >= 4 is 50.1 Å². The first-order chi connectivity index (χ1) is 16.2. The Kier molecular flexibility index (Phi) is 6.45. The van der Waals surface area contributed by atoms with Crippen molar-refractivity contribution in [1.29, 1.82) is 0 Å². The number of aryl methyl sites for hydroxylation is 1. The minimum atomic E-state index is -4.09. The van der Waals surface area contributed by atoms with Crippen molar-refractivity contribution in [1.82, 2.24) is 4.57 Å². The fourth-order valence-electron chi connectivity index (χ4n) is 3.62. The number of hydrogen-bond donors (Lipinski definition) is 0. The molecule has 0 N–H and O–H groups in total. The molecule has 0 radical (unpaired) electrons. The predicted molar refractivity (Wildman–Crippen MR) is 131 cm³/mol. The van der Waals surface area contributed by atoms with Crippen LogP contribution in [0.4, 0.5) is 5.69 Å². The summed E-state index contributed by atoms with van der Waals surface area (Å²) >= 11 is 6.00. The van der Waals surface area contributed by atoms with Gasteiger partial charge >= 0.3 is 5.97 Å². The van der Waals surface area contributed by atoms with E-state index in [4.69, 9.17) is 16.3 Å². The average molecular weight is 497 g/mol. The highest BCUT2D eigenvalue weighted by Gasteiger charge is 2.29. The van der Waals surface area contributed by atoms with Gasteiger partial charge in [-0.25, -0.2) is 13.2 Å². The van der Waals surface area contributed by atoms with Crippen LogP contribution in [0.25, 0.3) is 10.9 Å². The highest BCUT2D eigenvalue weighted by Crippen LogP contribution is 2.27. The lowest BCUT2D eigenvalue weighted by atomic mass is 10.2. The molecule has 0 atom stereocenters. The topological polar surface area (TPSA) is 85.7 Å². The monoisotopic (exact) mass is 496 g/mol. The summed E-state index contributed by atoms with van der Waals surface area (Å²) in [5.41, 5.74) is 1.87. The molecule has 0 aliphatic heterocycles. The molecule has 34 heavy (non-hydrogen) atoms. The number of methoxy groups -OCH3 is 1. The number of benzene rings is 3. The molecule has 1 aromatic heterocycles. The van der Waals surface area contributed by atoms with Crippen molar-refractivity contribution < 1.29 is 22.7 Å². The molecule has 0 saturated heterocycles. The molecule has 4 aromatic rings. The van der Waals surface area contributed by atoms with Crippen molar-refractivity contribution in [3.05, 3.63) is 95.1 Å². The largest absolute Gasteiger partial charge is 0.465 e. The Bertz CT molecular complexity index is 1480. The number of halogens is 1. The van der Waals surface area contributed by atoms with Crippen LogP contribution < -0.4 is 4.31 Å². The van der Waals surface area contributed by atoms with Crippen LogP contribution in [0, 0.1) is 6.92 Å². The summed E-state index contributed by atoms with van der Waals surface area (Å²) < 4.78 is 34.3. The highest BCUT2D eigenvalue weighted by atomic mass is 35.5. The Labute approximate surface area is 202 Å². The van der Waals surface area contributed by atoms with Gasteiger partial charge in [0.1, 0.15) is 6.54 Å². The number of hydrogen-bond acceptors (Lipinski definition) is 5. The zero-order chi connectivity index (χ0) is 24.5. The number of fused-ring (bicyclic) bond motifs is 1. The van der Waals surface area contributed by atoms with Gasteiger partial charge in [-0.05, 0) is 49.4 Å². The molecule has 0 aliphatic rings. The van der Waals surface area contributed by atoms with Gasteiger partial charge in [0.2, 0.25) is 0 Å². The quantitative estimate of drug-likeness (QED) is 0.353. The SMILES string of the molecule is COC(=O)c1cn(C(=O)CN(c2ccc(Cl)cc2)S(=O)(=O)c2ccc(C)cc2)c2ccccc12. The maximum absolute atomic E-state index is 13.6. The number of ether oxygens (including phenoxy) is 1. The van der Waals surface area contributed by atoms with Crippen LogP contribution in [0.3, 0.4) is 0 Å². The lowest BCUT2D eigenvalue weighted by Gasteiger charge is -2.24. The third-order valence-corrected chi connectivity index (χ3v) is 7.43. The molecule has 0 spiro atoms. The first-order valence-electron chi connectivity index (χ1n) is 10.3. The van der Waals surface area contributed by atoms with Gasteiger partial charge in [0.25, 0.3) is 15.9 Å². The molecular weight excluding hydrogens is 476 g/mol. The minimum Gasteiger partial charge on any atom is -0.465 e. The second kappa shape index (κ2) is 9.32. The third kappa shape index (κ3) is 4.42. The van der Waals surface area contributed by atoms with Crippen molar-refractivity contribution in [2.45, 2.75) is 11.8 Å². The zero-order valence-electron chi connectivity index (χ0n) is 18.4. The Balaban J connectivity index is 1.80. The second-order valence-electron chi connectivity index (χ2n) is 7.62. The van der Waals surface area contributed by atoms with Gasteiger partial charge < -0.3 is 4.74 Å². The molecule has 0 amide bonds. The molecule has 3 aromatic carbocycles. The zero-order valence-corrected chi connectivity index (χ0v) is 20.0.